The van der Waals surface area contributed by atoms with Crippen LogP contribution >= 0.6 is 11.3 Å². The average Bonchev–Trinajstić information content (AvgIpc) is 2.85. The first-order valence-corrected chi connectivity index (χ1v) is 7.26. The highest BCUT2D eigenvalue weighted by atomic mass is 32.1. The van der Waals surface area contributed by atoms with E-state index in [4.69, 9.17) is 0 Å². The number of aliphatic hydroxyl groups excluding tert-OH is 1. The quantitative estimate of drug-likeness (QED) is 0.897. The van der Waals surface area contributed by atoms with Crippen LogP contribution < -0.4 is 5.32 Å². The van der Waals surface area contributed by atoms with Gasteiger partial charge in [-0.05, 0) is 6.07 Å². The SMILES string of the molecule is CC(C)(C)c1nc(CNc2ccccc2CO)cs1. The van der Waals surface area contributed by atoms with Crippen molar-refractivity contribution < 1.29 is 5.11 Å². The third kappa shape index (κ3) is 3.55. The van der Waals surface area contributed by atoms with Crippen LogP contribution in [0.2, 0.25) is 0 Å². The Morgan fingerprint density at radius 1 is 1.26 bits per heavy atom. The zero-order valence-electron chi connectivity index (χ0n) is 11.6. The zero-order chi connectivity index (χ0) is 13.9. The minimum Gasteiger partial charge on any atom is -0.392 e. The maximum Gasteiger partial charge on any atom is 0.0982 e. The first-order valence-electron chi connectivity index (χ1n) is 6.38. The van der Waals surface area contributed by atoms with Crippen molar-refractivity contribution in [2.24, 2.45) is 0 Å². The minimum absolute atomic E-state index is 0.0491. The lowest BCUT2D eigenvalue weighted by Gasteiger charge is -2.13. The van der Waals surface area contributed by atoms with Crippen LogP contribution in [0.15, 0.2) is 29.6 Å². The second-order valence-electron chi connectivity index (χ2n) is 5.56. The second-order valence-corrected chi connectivity index (χ2v) is 6.42. The van der Waals surface area contributed by atoms with Gasteiger partial charge in [-0.2, -0.15) is 0 Å². The van der Waals surface area contributed by atoms with Crippen LogP contribution in [0.3, 0.4) is 0 Å². The highest BCUT2D eigenvalue weighted by Gasteiger charge is 2.17. The summed E-state index contributed by atoms with van der Waals surface area (Å²) in [5.41, 5.74) is 3.03. The number of rotatable bonds is 4. The molecule has 0 atom stereocenters. The van der Waals surface area contributed by atoms with E-state index in [-0.39, 0.29) is 12.0 Å². The van der Waals surface area contributed by atoms with Gasteiger partial charge in [0.1, 0.15) is 0 Å². The van der Waals surface area contributed by atoms with Crippen molar-refractivity contribution >= 4 is 17.0 Å². The molecule has 0 saturated carbocycles. The van der Waals surface area contributed by atoms with Gasteiger partial charge in [0.15, 0.2) is 0 Å². The maximum absolute atomic E-state index is 9.27. The van der Waals surface area contributed by atoms with Crippen LogP contribution in [0.1, 0.15) is 37.0 Å². The number of hydrogen-bond acceptors (Lipinski definition) is 4. The van der Waals surface area contributed by atoms with Crippen LogP contribution in [0.5, 0.6) is 0 Å². The van der Waals surface area contributed by atoms with Crippen LogP contribution in [0.25, 0.3) is 0 Å². The molecule has 19 heavy (non-hydrogen) atoms. The van der Waals surface area contributed by atoms with Crippen molar-refractivity contribution in [2.45, 2.75) is 39.3 Å². The Labute approximate surface area is 118 Å². The average molecular weight is 276 g/mol. The number of nitrogens with one attached hydrogen (secondary N) is 1. The summed E-state index contributed by atoms with van der Waals surface area (Å²) in [7, 11) is 0. The Kier molecular flexibility index (Phi) is 4.22. The van der Waals surface area contributed by atoms with Gasteiger partial charge < -0.3 is 10.4 Å². The van der Waals surface area contributed by atoms with Gasteiger partial charge in [-0.25, -0.2) is 4.98 Å². The molecule has 0 spiro atoms. The molecule has 0 amide bonds. The van der Waals surface area contributed by atoms with Crippen LogP contribution in [0, 0.1) is 0 Å². The number of thiazole rings is 1. The number of aromatic nitrogens is 1. The van der Waals surface area contributed by atoms with Crippen molar-refractivity contribution in [3.05, 3.63) is 45.9 Å². The van der Waals surface area contributed by atoms with Gasteiger partial charge >= 0.3 is 0 Å². The topological polar surface area (TPSA) is 45.2 Å². The third-order valence-corrected chi connectivity index (χ3v) is 4.16. The van der Waals surface area contributed by atoms with Crippen LogP contribution in [0.4, 0.5) is 5.69 Å². The highest BCUT2D eigenvalue weighted by Crippen LogP contribution is 2.26. The molecule has 4 heteroatoms. The summed E-state index contributed by atoms with van der Waals surface area (Å²) in [6.45, 7) is 7.25. The lowest BCUT2D eigenvalue weighted by molar-refractivity contribution is 0.282. The molecular weight excluding hydrogens is 256 g/mol. The fourth-order valence-electron chi connectivity index (χ4n) is 1.75. The number of para-hydroxylation sites is 1. The molecule has 0 aliphatic rings. The molecule has 1 aromatic heterocycles. The smallest absolute Gasteiger partial charge is 0.0982 e. The second kappa shape index (κ2) is 5.72. The molecule has 0 bridgehead atoms. The Balaban J connectivity index is 2.05. The Morgan fingerprint density at radius 3 is 2.63 bits per heavy atom. The molecule has 0 aliphatic heterocycles. The summed E-state index contributed by atoms with van der Waals surface area (Å²) in [4.78, 5) is 4.65. The molecule has 102 valence electrons. The molecule has 0 unspecified atom stereocenters. The summed E-state index contributed by atoms with van der Waals surface area (Å²) in [5.74, 6) is 0. The number of aliphatic hydroxyl groups is 1. The van der Waals surface area contributed by atoms with Crippen molar-refractivity contribution in [2.75, 3.05) is 5.32 Å². The van der Waals surface area contributed by atoms with Crippen LogP contribution in [-0.2, 0) is 18.6 Å². The number of benzene rings is 1. The first-order chi connectivity index (χ1) is 9.00. The summed E-state index contributed by atoms with van der Waals surface area (Å²) < 4.78 is 0. The van der Waals surface area contributed by atoms with Crippen molar-refractivity contribution in [1.82, 2.24) is 4.98 Å². The van der Waals surface area contributed by atoms with Gasteiger partial charge in [0.25, 0.3) is 0 Å². The molecule has 2 N–H and O–H groups in total. The predicted octanol–water partition coefficient (Wildman–Crippen LogP) is 3.55. The fraction of sp³-hybridized carbons (Fsp3) is 0.400. The van der Waals surface area contributed by atoms with Gasteiger partial charge in [-0.3, -0.25) is 0 Å². The monoisotopic (exact) mass is 276 g/mol. The van der Waals surface area contributed by atoms with E-state index in [0.717, 1.165) is 22.0 Å². The molecule has 2 rings (SSSR count). The van der Waals surface area contributed by atoms with Gasteiger partial charge in [0, 0.05) is 22.0 Å². The van der Waals surface area contributed by atoms with E-state index in [0.29, 0.717) is 6.54 Å². The van der Waals surface area contributed by atoms with E-state index in [1.807, 2.05) is 24.3 Å². The van der Waals surface area contributed by atoms with Gasteiger partial charge in [0.2, 0.25) is 0 Å². The Bertz CT molecular complexity index is 543. The molecule has 2 aromatic rings. The summed E-state index contributed by atoms with van der Waals surface area (Å²) >= 11 is 1.70. The molecule has 0 saturated heterocycles. The number of hydrogen-bond donors (Lipinski definition) is 2. The zero-order valence-corrected chi connectivity index (χ0v) is 12.4. The van der Waals surface area contributed by atoms with E-state index in [1.165, 1.54) is 0 Å². The fourth-order valence-corrected chi connectivity index (χ4v) is 2.66. The molecular formula is C15H20N2OS. The van der Waals surface area contributed by atoms with Gasteiger partial charge in [-0.1, -0.05) is 39.0 Å². The van der Waals surface area contributed by atoms with Crippen molar-refractivity contribution in [3.63, 3.8) is 0 Å². The Morgan fingerprint density at radius 2 is 2.00 bits per heavy atom. The largest absolute Gasteiger partial charge is 0.392 e. The lowest BCUT2D eigenvalue weighted by Crippen LogP contribution is -2.11. The molecule has 3 nitrogen and oxygen atoms in total. The standard InChI is InChI=1S/C15H20N2OS/c1-15(2,3)14-17-12(10-19-14)8-16-13-7-5-4-6-11(13)9-18/h4-7,10,16,18H,8-9H2,1-3H3. The molecule has 0 aliphatic carbocycles. The minimum atomic E-state index is 0.0491. The first kappa shape index (κ1) is 14.0. The molecule has 1 aromatic carbocycles. The normalized spacial score (nSPS) is 11.6. The molecule has 0 fully saturated rings. The Hall–Kier alpha value is -1.39. The number of anilines is 1. The molecule has 1 heterocycles. The number of nitrogens with zero attached hydrogens (tertiary/aromatic N) is 1. The van der Waals surface area contributed by atoms with E-state index >= 15 is 0 Å². The van der Waals surface area contributed by atoms with E-state index in [2.05, 4.69) is 36.5 Å². The highest BCUT2D eigenvalue weighted by molar-refractivity contribution is 7.09. The van der Waals surface area contributed by atoms with E-state index < -0.39 is 0 Å². The van der Waals surface area contributed by atoms with E-state index in [1.54, 1.807) is 11.3 Å². The lowest BCUT2D eigenvalue weighted by atomic mass is 9.98. The van der Waals surface area contributed by atoms with Gasteiger partial charge in [0.05, 0.1) is 23.9 Å². The molecule has 0 radical (unpaired) electrons. The van der Waals surface area contributed by atoms with E-state index in [9.17, 15) is 5.11 Å². The summed E-state index contributed by atoms with van der Waals surface area (Å²) in [6.07, 6.45) is 0. The summed E-state index contributed by atoms with van der Waals surface area (Å²) in [5, 5.41) is 15.8. The van der Waals surface area contributed by atoms with Crippen LogP contribution in [-0.4, -0.2) is 10.1 Å². The summed E-state index contributed by atoms with van der Waals surface area (Å²) in [6, 6.07) is 7.78. The van der Waals surface area contributed by atoms with Gasteiger partial charge in [-0.15, -0.1) is 11.3 Å². The third-order valence-electron chi connectivity index (χ3n) is 2.84. The predicted molar refractivity (Wildman–Crippen MR) is 80.5 cm³/mol. The van der Waals surface area contributed by atoms with Crippen molar-refractivity contribution in [3.8, 4) is 0 Å². The van der Waals surface area contributed by atoms with Crippen molar-refractivity contribution in [1.29, 1.82) is 0 Å². The maximum atomic E-state index is 9.27.